The molecule has 0 radical (unpaired) electrons. The lowest BCUT2D eigenvalue weighted by Gasteiger charge is -2.36. The SMILES string of the molecule is C=C(C)C(=O)OCC(O)COCCC[SiH](CCCOCC(O)COC(=O)C=CC)C(O[Si](C)(C)C)O[Si](C)(C)C. The Kier molecular flexibility index (Phi) is 20.1. The van der Waals surface area contributed by atoms with Crippen LogP contribution in [0.5, 0.6) is 0 Å². The van der Waals surface area contributed by atoms with Crippen molar-refractivity contribution in [3.8, 4) is 0 Å². The first kappa shape index (κ1) is 38.8. The standard InChI is InChI=1S/C27H54O10Si3/c1-10-13-25(30)34-20-23(28)18-32-14-11-16-38(27(36-39(4,5)6)37-40(7,8)9)17-12-15-33-19-24(29)21-35-26(31)22(2)3/h10,13,23-24,27-29,38H,2,11-12,14-21H2,1,3-9H3. The maximum Gasteiger partial charge on any atom is 0.333 e. The molecule has 13 heteroatoms. The van der Waals surface area contributed by atoms with E-state index in [0.717, 1.165) is 24.9 Å². The topological polar surface area (TPSA) is 130 Å². The van der Waals surface area contributed by atoms with E-state index in [4.69, 9.17) is 27.8 Å². The summed E-state index contributed by atoms with van der Waals surface area (Å²) in [5.41, 5.74) is 0.284. The minimum Gasteiger partial charge on any atom is -0.460 e. The van der Waals surface area contributed by atoms with Gasteiger partial charge in [0, 0.05) is 24.9 Å². The number of hydrogen-bond acceptors (Lipinski definition) is 10. The van der Waals surface area contributed by atoms with Crippen molar-refractivity contribution in [2.75, 3.05) is 39.6 Å². The summed E-state index contributed by atoms with van der Waals surface area (Å²) >= 11 is 0. The van der Waals surface area contributed by atoms with Gasteiger partial charge in [0.2, 0.25) is 0 Å². The lowest BCUT2D eigenvalue weighted by molar-refractivity contribution is -0.143. The Bertz CT molecular complexity index is 749. The number of carbonyl (C=O) groups excluding carboxylic acids is 2. The van der Waals surface area contributed by atoms with Crippen LogP contribution >= 0.6 is 0 Å². The van der Waals surface area contributed by atoms with Crippen molar-refractivity contribution in [2.45, 2.75) is 96.2 Å². The Labute approximate surface area is 244 Å². The molecule has 10 nitrogen and oxygen atoms in total. The number of aliphatic hydroxyl groups excluding tert-OH is 2. The van der Waals surface area contributed by atoms with Crippen LogP contribution in [-0.4, -0.2) is 105 Å². The van der Waals surface area contributed by atoms with Crippen LogP contribution in [0.1, 0.15) is 26.7 Å². The molecule has 0 heterocycles. The second-order valence-corrected chi connectivity index (χ2v) is 24.0. The van der Waals surface area contributed by atoms with E-state index in [0.29, 0.717) is 13.2 Å². The highest BCUT2D eigenvalue weighted by Gasteiger charge is 2.33. The van der Waals surface area contributed by atoms with Gasteiger partial charge in [-0.05, 0) is 66.0 Å². The number of aliphatic hydroxyl groups is 2. The number of hydrogen-bond donors (Lipinski definition) is 2. The van der Waals surface area contributed by atoms with Crippen molar-refractivity contribution in [3.05, 3.63) is 24.3 Å². The van der Waals surface area contributed by atoms with E-state index in [-0.39, 0.29) is 37.9 Å². The van der Waals surface area contributed by atoms with E-state index in [1.54, 1.807) is 19.9 Å². The number of esters is 2. The van der Waals surface area contributed by atoms with Crippen molar-refractivity contribution in [2.24, 2.45) is 0 Å². The van der Waals surface area contributed by atoms with Gasteiger partial charge in [-0.2, -0.15) is 0 Å². The number of rotatable bonds is 23. The molecule has 0 aliphatic heterocycles. The molecule has 0 aromatic carbocycles. The molecule has 0 aromatic heterocycles. The molecule has 0 fully saturated rings. The molecule has 0 aromatic rings. The molecule has 0 rings (SSSR count). The third kappa shape index (κ3) is 22.5. The van der Waals surface area contributed by atoms with Crippen molar-refractivity contribution < 1.29 is 47.6 Å². The van der Waals surface area contributed by atoms with E-state index in [1.807, 2.05) is 0 Å². The molecule has 0 spiro atoms. The first-order valence-electron chi connectivity index (χ1n) is 14.0. The molecule has 0 amide bonds. The third-order valence-electron chi connectivity index (χ3n) is 5.15. The number of ether oxygens (including phenoxy) is 4. The zero-order chi connectivity index (χ0) is 30.8. The Morgan fingerprint density at radius 3 is 1.68 bits per heavy atom. The fourth-order valence-electron chi connectivity index (χ4n) is 3.42. The van der Waals surface area contributed by atoms with Gasteiger partial charge in [-0.1, -0.05) is 24.7 Å². The van der Waals surface area contributed by atoms with Gasteiger partial charge >= 0.3 is 11.9 Å². The predicted octanol–water partition coefficient (Wildman–Crippen LogP) is 3.56. The number of allylic oxidation sites excluding steroid dienone is 1. The third-order valence-corrected chi connectivity index (χ3v) is 10.9. The van der Waals surface area contributed by atoms with Crippen molar-refractivity contribution in [1.29, 1.82) is 0 Å². The highest BCUT2D eigenvalue weighted by molar-refractivity contribution is 6.73. The van der Waals surface area contributed by atoms with E-state index >= 15 is 0 Å². The predicted molar refractivity (Wildman–Crippen MR) is 164 cm³/mol. The second kappa shape index (κ2) is 20.7. The summed E-state index contributed by atoms with van der Waals surface area (Å²) in [7, 11) is -5.30. The van der Waals surface area contributed by atoms with E-state index < -0.39 is 49.6 Å². The smallest absolute Gasteiger partial charge is 0.333 e. The molecule has 0 saturated heterocycles. The van der Waals surface area contributed by atoms with Crippen molar-refractivity contribution in [3.63, 3.8) is 0 Å². The zero-order valence-electron chi connectivity index (χ0n) is 25.9. The first-order chi connectivity index (χ1) is 18.5. The molecule has 40 heavy (non-hydrogen) atoms. The summed E-state index contributed by atoms with van der Waals surface area (Å²) in [4.78, 5) is 22.8. The molecule has 0 saturated carbocycles. The molecular weight excluding hydrogens is 569 g/mol. The lowest BCUT2D eigenvalue weighted by atomic mass is 10.3. The Hall–Kier alpha value is -1.17. The molecule has 0 bridgehead atoms. The number of carbonyl (C=O) groups is 2. The summed E-state index contributed by atoms with van der Waals surface area (Å²) in [6.45, 7) is 20.6. The van der Waals surface area contributed by atoms with Crippen LogP contribution in [0, 0.1) is 0 Å². The molecule has 3 unspecified atom stereocenters. The Balaban J connectivity index is 4.84. The van der Waals surface area contributed by atoms with Crippen LogP contribution in [0.15, 0.2) is 24.3 Å². The summed E-state index contributed by atoms with van der Waals surface area (Å²) in [5, 5.41) is 20.0. The van der Waals surface area contributed by atoms with Crippen LogP contribution in [0.3, 0.4) is 0 Å². The normalized spacial score (nSPS) is 14.8. The molecule has 3 atom stereocenters. The minimum atomic E-state index is -1.86. The van der Waals surface area contributed by atoms with Gasteiger partial charge in [-0.3, -0.25) is 0 Å². The van der Waals surface area contributed by atoms with Gasteiger partial charge in [0.15, 0.2) is 16.6 Å². The largest absolute Gasteiger partial charge is 0.460 e. The minimum absolute atomic E-state index is 0.0795. The summed E-state index contributed by atoms with van der Waals surface area (Å²) < 4.78 is 34.3. The van der Waals surface area contributed by atoms with Crippen molar-refractivity contribution >= 4 is 37.4 Å². The van der Waals surface area contributed by atoms with Crippen LogP contribution < -0.4 is 0 Å². The van der Waals surface area contributed by atoms with Crippen molar-refractivity contribution in [1.82, 2.24) is 0 Å². The molecule has 234 valence electrons. The molecule has 0 aliphatic rings. The molecule has 0 aliphatic carbocycles. The average molecular weight is 623 g/mol. The fraction of sp³-hybridized carbons (Fsp3) is 0.778. The van der Waals surface area contributed by atoms with Gasteiger partial charge in [-0.15, -0.1) is 0 Å². The average Bonchev–Trinajstić information content (AvgIpc) is 2.82. The van der Waals surface area contributed by atoms with E-state index in [1.165, 1.54) is 6.08 Å². The van der Waals surface area contributed by atoms with E-state index in [2.05, 4.69) is 45.9 Å². The monoisotopic (exact) mass is 622 g/mol. The van der Waals surface area contributed by atoms with Gasteiger partial charge < -0.3 is 38.0 Å². The van der Waals surface area contributed by atoms with Gasteiger partial charge in [0.05, 0.1) is 13.2 Å². The summed E-state index contributed by atoms with van der Waals surface area (Å²) in [6.07, 6.45) is 2.71. The van der Waals surface area contributed by atoms with Crippen LogP contribution in [0.4, 0.5) is 0 Å². The molecular formula is C27H54O10Si3. The molecule has 2 N–H and O–H groups in total. The van der Waals surface area contributed by atoms with Gasteiger partial charge in [-0.25, -0.2) is 9.59 Å². The van der Waals surface area contributed by atoms with Crippen LogP contribution in [0.25, 0.3) is 0 Å². The van der Waals surface area contributed by atoms with Gasteiger partial charge in [0.25, 0.3) is 0 Å². The lowest BCUT2D eigenvalue weighted by Crippen LogP contribution is -2.48. The summed E-state index contributed by atoms with van der Waals surface area (Å²) in [6, 6.07) is 1.87. The highest BCUT2D eigenvalue weighted by atomic mass is 28.4. The summed E-state index contributed by atoms with van der Waals surface area (Å²) in [5.74, 6) is -1.21. The van der Waals surface area contributed by atoms with Crippen LogP contribution in [-0.2, 0) is 37.4 Å². The fourth-order valence-corrected chi connectivity index (χ4v) is 11.2. The zero-order valence-corrected chi connectivity index (χ0v) is 29.1. The quantitative estimate of drug-likeness (QED) is 0.0574. The van der Waals surface area contributed by atoms with Gasteiger partial charge in [0.1, 0.15) is 40.1 Å². The van der Waals surface area contributed by atoms with E-state index in [9.17, 15) is 19.8 Å². The maximum absolute atomic E-state index is 11.5. The second-order valence-electron chi connectivity index (χ2n) is 11.8. The highest BCUT2D eigenvalue weighted by Crippen LogP contribution is 2.22. The Morgan fingerprint density at radius 1 is 0.825 bits per heavy atom. The van der Waals surface area contributed by atoms with Crippen LogP contribution in [0.2, 0.25) is 51.4 Å². The maximum atomic E-state index is 11.5. The Morgan fingerprint density at radius 2 is 1.27 bits per heavy atom. The first-order valence-corrected chi connectivity index (χ1v) is 23.1.